The number of β-lactam (4-membered cyclic amide) rings is 1. The lowest BCUT2D eigenvalue weighted by Crippen LogP contribution is -2.72. The van der Waals surface area contributed by atoms with Gasteiger partial charge in [0, 0.05) is 5.75 Å². The van der Waals surface area contributed by atoms with Crippen LogP contribution in [0.2, 0.25) is 0 Å². The lowest BCUT2D eigenvalue weighted by Gasteiger charge is -2.52. The van der Waals surface area contributed by atoms with Gasteiger partial charge in [0.2, 0.25) is 5.91 Å². The van der Waals surface area contributed by atoms with Crippen molar-refractivity contribution in [1.29, 1.82) is 0 Å². The van der Waals surface area contributed by atoms with E-state index < -0.39 is 29.3 Å². The molecular weight excluding hydrogens is 462 g/mol. The third-order valence-electron chi connectivity index (χ3n) is 6.27. The predicted octanol–water partition coefficient (Wildman–Crippen LogP) is 2.94. The number of hydrogen-bond acceptors (Lipinski definition) is 5. The molecule has 0 aromatic heterocycles. The van der Waals surface area contributed by atoms with E-state index >= 15 is 0 Å². The topological polar surface area (TPSA) is 90.0 Å². The van der Waals surface area contributed by atoms with Crippen molar-refractivity contribution in [2.75, 3.05) is 5.75 Å². The minimum Gasteiger partial charge on any atom is -0.477 e. The van der Waals surface area contributed by atoms with Crippen LogP contribution in [-0.4, -0.2) is 56.0 Å². The van der Waals surface area contributed by atoms with Gasteiger partial charge in [-0.3, -0.25) is 19.8 Å². The summed E-state index contributed by atoms with van der Waals surface area (Å²) >= 11 is 7.50. The van der Waals surface area contributed by atoms with Gasteiger partial charge in [-0.05, 0) is 24.0 Å². The summed E-state index contributed by atoms with van der Waals surface area (Å²) in [6.07, 6.45) is 1.01. The lowest BCUT2D eigenvalue weighted by molar-refractivity contribution is -0.160. The number of carbonyl (C=O) groups is 3. The Hall–Kier alpha value is -2.81. The smallest absolute Gasteiger partial charge is 0.353 e. The van der Waals surface area contributed by atoms with Crippen molar-refractivity contribution < 1.29 is 19.5 Å². The van der Waals surface area contributed by atoms with Crippen LogP contribution < -0.4 is 5.32 Å². The first-order chi connectivity index (χ1) is 16.0. The average molecular weight is 484 g/mol. The summed E-state index contributed by atoms with van der Waals surface area (Å²) < 4.78 is 0. The number of aryl methyl sites for hydroxylation is 1. The van der Waals surface area contributed by atoms with Gasteiger partial charge in [-0.1, -0.05) is 72.3 Å². The predicted molar refractivity (Wildman–Crippen MR) is 125 cm³/mol. The number of carboxylic acid groups (broad SMARTS) is 1. The van der Waals surface area contributed by atoms with Crippen LogP contribution in [0.5, 0.6) is 0 Å². The van der Waals surface area contributed by atoms with Crippen LogP contribution in [0.4, 0.5) is 0 Å². The third kappa shape index (κ3) is 3.82. The number of halogens is 1. The monoisotopic (exact) mass is 483 g/mol. The lowest BCUT2D eigenvalue weighted by atomic mass is 10.0. The zero-order valence-corrected chi connectivity index (χ0v) is 19.1. The molecule has 2 amide bonds. The molecule has 3 heterocycles. The Labute approximate surface area is 200 Å². The Balaban J connectivity index is 1.43. The molecule has 0 spiro atoms. The van der Waals surface area contributed by atoms with E-state index in [-0.39, 0.29) is 22.8 Å². The molecule has 9 heteroatoms. The molecule has 33 heavy (non-hydrogen) atoms. The number of benzene rings is 2. The molecule has 2 saturated heterocycles. The van der Waals surface area contributed by atoms with Crippen LogP contribution in [0.25, 0.3) is 0 Å². The van der Waals surface area contributed by atoms with Crippen LogP contribution in [0.15, 0.2) is 71.4 Å². The molecule has 7 nitrogen and oxygen atoms in total. The van der Waals surface area contributed by atoms with Crippen LogP contribution in [0, 0.1) is 0 Å². The highest BCUT2D eigenvalue weighted by atomic mass is 35.5. The average Bonchev–Trinajstić information content (AvgIpc) is 3.14. The number of thioether (sulfide) groups is 1. The van der Waals surface area contributed by atoms with Crippen molar-refractivity contribution in [3.8, 4) is 0 Å². The molecule has 5 rings (SSSR count). The first kappa shape index (κ1) is 22.0. The minimum atomic E-state index is -1.23. The molecule has 0 aliphatic carbocycles. The second-order valence-corrected chi connectivity index (χ2v) is 9.77. The van der Waals surface area contributed by atoms with Crippen molar-refractivity contribution >= 4 is 41.1 Å². The normalized spacial score (nSPS) is 26.9. The molecule has 2 aromatic carbocycles. The molecule has 3 aliphatic heterocycles. The minimum absolute atomic E-state index is 0.143. The van der Waals surface area contributed by atoms with Gasteiger partial charge in [0.1, 0.15) is 23.2 Å². The van der Waals surface area contributed by atoms with E-state index in [9.17, 15) is 19.5 Å². The first-order valence-corrected chi connectivity index (χ1v) is 12.1. The molecule has 2 N–H and O–H groups in total. The largest absolute Gasteiger partial charge is 0.477 e. The number of aliphatic carboxylic acids is 1. The second-order valence-electron chi connectivity index (χ2n) is 8.21. The molecule has 0 radical (unpaired) electrons. The maximum atomic E-state index is 13.6. The number of carbonyl (C=O) groups excluding carboxylic acids is 2. The number of amides is 2. The number of fused-ring (bicyclic) bond motifs is 1. The van der Waals surface area contributed by atoms with Crippen molar-refractivity contribution in [2.45, 2.75) is 36.5 Å². The van der Waals surface area contributed by atoms with Gasteiger partial charge in [-0.2, -0.15) is 0 Å². The fourth-order valence-electron chi connectivity index (χ4n) is 4.72. The van der Waals surface area contributed by atoms with Crippen LogP contribution in [0.3, 0.4) is 0 Å². The van der Waals surface area contributed by atoms with E-state index in [0.29, 0.717) is 12.2 Å². The molecule has 2 fully saturated rings. The molecule has 2 aromatic rings. The van der Waals surface area contributed by atoms with Crippen molar-refractivity contribution in [3.05, 3.63) is 82.5 Å². The second kappa shape index (κ2) is 8.85. The van der Waals surface area contributed by atoms with E-state index in [1.54, 1.807) is 4.90 Å². The first-order valence-electron chi connectivity index (χ1n) is 10.7. The van der Waals surface area contributed by atoms with Crippen LogP contribution in [-0.2, 0) is 20.8 Å². The van der Waals surface area contributed by atoms with Gasteiger partial charge in [0.25, 0.3) is 5.91 Å². The number of carboxylic acids is 1. The van der Waals surface area contributed by atoms with Crippen LogP contribution >= 0.6 is 23.4 Å². The van der Waals surface area contributed by atoms with E-state index in [2.05, 4.69) is 5.32 Å². The van der Waals surface area contributed by atoms with Gasteiger partial charge in [-0.25, -0.2) is 4.79 Å². The van der Waals surface area contributed by atoms with Gasteiger partial charge in [-0.15, -0.1) is 11.8 Å². The van der Waals surface area contributed by atoms with E-state index in [4.69, 9.17) is 11.6 Å². The van der Waals surface area contributed by atoms with E-state index in [1.165, 1.54) is 16.7 Å². The Bertz CT molecular complexity index is 1130. The number of rotatable bonds is 6. The number of nitrogens with one attached hydrogen (secondary N) is 1. The van der Waals surface area contributed by atoms with Gasteiger partial charge >= 0.3 is 5.97 Å². The quantitative estimate of drug-likeness (QED) is 0.614. The summed E-state index contributed by atoms with van der Waals surface area (Å²) in [4.78, 5) is 41.4. The Morgan fingerprint density at radius 1 is 1.06 bits per heavy atom. The molecule has 170 valence electrons. The molecule has 0 bridgehead atoms. The fraction of sp³-hybridized carbons (Fsp3) is 0.292. The summed E-state index contributed by atoms with van der Waals surface area (Å²) in [5, 5.41) is 12.7. The van der Waals surface area contributed by atoms with Crippen molar-refractivity contribution in [1.82, 2.24) is 15.1 Å². The molecule has 4 atom stereocenters. The number of hydrogen-bond donors (Lipinski definition) is 2. The maximum absolute atomic E-state index is 13.6. The molecule has 3 aliphatic rings. The molecular formula is C24H22ClN3O4S. The Kier molecular flexibility index (Phi) is 5.90. The molecule has 3 unspecified atom stereocenters. The van der Waals surface area contributed by atoms with Gasteiger partial charge < -0.3 is 10.0 Å². The third-order valence-corrected chi connectivity index (χ3v) is 8.01. The Morgan fingerprint density at radius 3 is 2.39 bits per heavy atom. The standard InChI is InChI=1S/C24H22ClN3O4S/c25-16-13-33-23-20(22(30)28(23)19(16)24(31)32)27-17(12-11-14-7-3-1-4-8-14)26-18(21(27)29)15-9-5-2-6-10-15/h1-10,17-18,20,23,26H,11-13H2,(H,31,32)/t17?,18?,20?,23-/m0/s1. The number of nitrogens with zero attached hydrogens (tertiary/aromatic N) is 2. The highest BCUT2D eigenvalue weighted by Gasteiger charge is 2.60. The van der Waals surface area contributed by atoms with E-state index in [1.807, 2.05) is 60.7 Å². The maximum Gasteiger partial charge on any atom is 0.353 e. The highest BCUT2D eigenvalue weighted by molar-refractivity contribution is 8.00. The van der Waals surface area contributed by atoms with Crippen LogP contribution in [0.1, 0.15) is 23.6 Å². The highest BCUT2D eigenvalue weighted by Crippen LogP contribution is 2.45. The summed E-state index contributed by atoms with van der Waals surface area (Å²) in [6.45, 7) is 0. The fourth-order valence-corrected chi connectivity index (χ4v) is 6.32. The summed E-state index contributed by atoms with van der Waals surface area (Å²) in [6, 6.07) is 18.1. The zero-order valence-electron chi connectivity index (χ0n) is 17.6. The van der Waals surface area contributed by atoms with Gasteiger partial charge in [0.05, 0.1) is 11.2 Å². The van der Waals surface area contributed by atoms with Gasteiger partial charge in [0.15, 0.2) is 0 Å². The summed E-state index contributed by atoms with van der Waals surface area (Å²) in [5.74, 6) is -1.52. The Morgan fingerprint density at radius 2 is 1.73 bits per heavy atom. The SMILES string of the molecule is O=C(O)C1=C(Cl)CS[C@H]2C(N3C(=O)C(c4ccccc4)NC3CCc3ccccc3)C(=O)N12. The zero-order chi connectivity index (χ0) is 23.1. The molecule has 0 saturated carbocycles. The summed E-state index contributed by atoms with van der Waals surface area (Å²) in [5.41, 5.74) is 1.80. The van der Waals surface area contributed by atoms with E-state index in [0.717, 1.165) is 17.5 Å². The summed E-state index contributed by atoms with van der Waals surface area (Å²) in [7, 11) is 0. The van der Waals surface area contributed by atoms with Crippen molar-refractivity contribution in [3.63, 3.8) is 0 Å². The van der Waals surface area contributed by atoms with Crippen molar-refractivity contribution in [2.24, 2.45) is 0 Å².